The number of hydrogen-bond donors (Lipinski definition) is 0. The normalized spacial score (nSPS) is 18.6. The molecular formula is C14H13BrO2. The summed E-state index contributed by atoms with van der Waals surface area (Å²) in [6.45, 7) is 1.30. The highest BCUT2D eigenvalue weighted by Crippen LogP contribution is 2.34. The standard InChI is InChI=1S/C14H13BrO2/c15-10-14(16-7-8-17-14)13-6-5-11-3-1-2-4-12(11)9-13/h1-6,9H,7-8,10H2. The van der Waals surface area contributed by atoms with Crippen molar-refractivity contribution < 1.29 is 9.47 Å². The first-order valence-corrected chi connectivity index (χ1v) is 6.79. The van der Waals surface area contributed by atoms with Crippen LogP contribution in [-0.2, 0) is 15.3 Å². The smallest absolute Gasteiger partial charge is 0.204 e. The lowest BCUT2D eigenvalue weighted by molar-refractivity contribution is -0.144. The zero-order valence-corrected chi connectivity index (χ0v) is 10.9. The number of rotatable bonds is 2. The zero-order chi connectivity index (χ0) is 11.7. The van der Waals surface area contributed by atoms with E-state index in [0.717, 1.165) is 5.56 Å². The molecule has 0 aromatic heterocycles. The average Bonchev–Trinajstić information content (AvgIpc) is 2.88. The van der Waals surface area contributed by atoms with Crippen LogP contribution in [0, 0.1) is 0 Å². The summed E-state index contributed by atoms with van der Waals surface area (Å²) in [7, 11) is 0. The topological polar surface area (TPSA) is 18.5 Å². The second-order valence-corrected chi connectivity index (χ2v) is 4.71. The summed E-state index contributed by atoms with van der Waals surface area (Å²) in [6.07, 6.45) is 0. The van der Waals surface area contributed by atoms with Crippen molar-refractivity contribution in [1.29, 1.82) is 0 Å². The van der Waals surface area contributed by atoms with Crippen LogP contribution in [0.3, 0.4) is 0 Å². The maximum Gasteiger partial charge on any atom is 0.204 e. The van der Waals surface area contributed by atoms with Crippen LogP contribution in [0.4, 0.5) is 0 Å². The summed E-state index contributed by atoms with van der Waals surface area (Å²) in [5.74, 6) is -0.607. The van der Waals surface area contributed by atoms with Crippen LogP contribution in [0.25, 0.3) is 10.8 Å². The summed E-state index contributed by atoms with van der Waals surface area (Å²) >= 11 is 3.48. The number of ether oxygens (including phenoxy) is 2. The molecule has 2 nitrogen and oxygen atoms in total. The van der Waals surface area contributed by atoms with Gasteiger partial charge in [-0.2, -0.15) is 0 Å². The molecule has 3 rings (SSSR count). The summed E-state index contributed by atoms with van der Waals surface area (Å²) in [5, 5.41) is 3.10. The Labute approximate surface area is 109 Å². The van der Waals surface area contributed by atoms with Crippen LogP contribution in [0.1, 0.15) is 5.56 Å². The highest BCUT2D eigenvalue weighted by atomic mass is 79.9. The quantitative estimate of drug-likeness (QED) is 0.790. The minimum atomic E-state index is -0.607. The third kappa shape index (κ3) is 1.88. The molecule has 17 heavy (non-hydrogen) atoms. The van der Waals surface area contributed by atoms with Crippen molar-refractivity contribution in [1.82, 2.24) is 0 Å². The molecule has 0 bridgehead atoms. The molecule has 2 aromatic rings. The van der Waals surface area contributed by atoms with E-state index in [1.165, 1.54) is 10.8 Å². The van der Waals surface area contributed by atoms with Gasteiger partial charge in [0.15, 0.2) is 0 Å². The molecule has 0 radical (unpaired) electrons. The molecule has 88 valence electrons. The van der Waals surface area contributed by atoms with Crippen molar-refractivity contribution in [2.45, 2.75) is 5.79 Å². The van der Waals surface area contributed by atoms with Gasteiger partial charge in [-0.3, -0.25) is 0 Å². The van der Waals surface area contributed by atoms with Crippen LogP contribution in [0.2, 0.25) is 0 Å². The number of halogens is 1. The van der Waals surface area contributed by atoms with Gasteiger partial charge >= 0.3 is 0 Å². The Balaban J connectivity index is 2.10. The van der Waals surface area contributed by atoms with Gasteiger partial charge in [-0.05, 0) is 16.8 Å². The Morgan fingerprint density at radius 3 is 2.41 bits per heavy atom. The Morgan fingerprint density at radius 1 is 1.00 bits per heavy atom. The molecule has 3 heteroatoms. The molecule has 1 aliphatic rings. The lowest BCUT2D eigenvalue weighted by atomic mass is 10.0. The molecule has 0 unspecified atom stereocenters. The fourth-order valence-corrected chi connectivity index (χ4v) is 2.85. The minimum Gasteiger partial charge on any atom is -0.343 e. The van der Waals surface area contributed by atoms with Gasteiger partial charge in [-0.25, -0.2) is 0 Å². The Morgan fingerprint density at radius 2 is 1.71 bits per heavy atom. The molecule has 0 aliphatic carbocycles. The summed E-state index contributed by atoms with van der Waals surface area (Å²) in [5.41, 5.74) is 1.07. The maximum absolute atomic E-state index is 5.76. The van der Waals surface area contributed by atoms with Gasteiger partial charge in [0, 0.05) is 5.56 Å². The van der Waals surface area contributed by atoms with E-state index in [9.17, 15) is 0 Å². The van der Waals surface area contributed by atoms with E-state index in [1.807, 2.05) is 12.1 Å². The molecule has 0 amide bonds. The summed E-state index contributed by atoms with van der Waals surface area (Å²) in [6, 6.07) is 14.6. The molecular weight excluding hydrogens is 280 g/mol. The van der Waals surface area contributed by atoms with Crippen LogP contribution in [-0.4, -0.2) is 18.5 Å². The largest absolute Gasteiger partial charge is 0.343 e. The van der Waals surface area contributed by atoms with Crippen molar-refractivity contribution in [2.75, 3.05) is 18.5 Å². The molecule has 0 spiro atoms. The van der Waals surface area contributed by atoms with Gasteiger partial charge < -0.3 is 9.47 Å². The van der Waals surface area contributed by atoms with Gasteiger partial charge in [0.05, 0.1) is 18.5 Å². The SMILES string of the molecule is BrCC1(c2ccc3ccccc3c2)OCCO1. The molecule has 1 saturated heterocycles. The first-order valence-electron chi connectivity index (χ1n) is 5.67. The predicted molar refractivity (Wildman–Crippen MR) is 71.3 cm³/mol. The van der Waals surface area contributed by atoms with Gasteiger partial charge in [0.2, 0.25) is 5.79 Å². The molecule has 0 N–H and O–H groups in total. The average molecular weight is 293 g/mol. The summed E-state index contributed by atoms with van der Waals surface area (Å²) < 4.78 is 11.5. The van der Waals surface area contributed by atoms with E-state index in [2.05, 4.69) is 46.3 Å². The van der Waals surface area contributed by atoms with E-state index in [4.69, 9.17) is 9.47 Å². The van der Waals surface area contributed by atoms with Gasteiger partial charge in [-0.15, -0.1) is 0 Å². The van der Waals surface area contributed by atoms with E-state index in [1.54, 1.807) is 0 Å². The fraction of sp³-hybridized carbons (Fsp3) is 0.286. The van der Waals surface area contributed by atoms with E-state index < -0.39 is 5.79 Å². The van der Waals surface area contributed by atoms with Crippen molar-refractivity contribution in [2.24, 2.45) is 0 Å². The van der Waals surface area contributed by atoms with Crippen molar-refractivity contribution >= 4 is 26.7 Å². The Hall–Kier alpha value is -0.900. The number of fused-ring (bicyclic) bond motifs is 1. The molecule has 0 saturated carbocycles. The summed E-state index contributed by atoms with van der Waals surface area (Å²) in [4.78, 5) is 0. The van der Waals surface area contributed by atoms with Crippen LogP contribution >= 0.6 is 15.9 Å². The highest BCUT2D eigenvalue weighted by Gasteiger charge is 2.37. The van der Waals surface area contributed by atoms with Gasteiger partial charge in [0.1, 0.15) is 0 Å². The second kappa shape index (κ2) is 4.41. The fourth-order valence-electron chi connectivity index (χ4n) is 2.20. The predicted octanol–water partition coefficient (Wildman–Crippen LogP) is 3.43. The first-order chi connectivity index (χ1) is 8.34. The third-order valence-corrected chi connectivity index (χ3v) is 3.86. The Bertz CT molecular complexity index is 532. The number of alkyl halides is 1. The molecule has 0 atom stereocenters. The van der Waals surface area contributed by atoms with Crippen LogP contribution < -0.4 is 0 Å². The molecule has 2 aromatic carbocycles. The van der Waals surface area contributed by atoms with Gasteiger partial charge in [-0.1, -0.05) is 52.3 Å². The van der Waals surface area contributed by atoms with E-state index in [0.29, 0.717) is 18.5 Å². The van der Waals surface area contributed by atoms with Crippen LogP contribution in [0.15, 0.2) is 42.5 Å². The van der Waals surface area contributed by atoms with Gasteiger partial charge in [0.25, 0.3) is 0 Å². The minimum absolute atomic E-state index is 0.607. The molecule has 1 aliphatic heterocycles. The highest BCUT2D eigenvalue weighted by molar-refractivity contribution is 9.09. The van der Waals surface area contributed by atoms with Crippen molar-refractivity contribution in [3.63, 3.8) is 0 Å². The monoisotopic (exact) mass is 292 g/mol. The zero-order valence-electron chi connectivity index (χ0n) is 9.36. The van der Waals surface area contributed by atoms with Crippen molar-refractivity contribution in [3.8, 4) is 0 Å². The maximum atomic E-state index is 5.76. The Kier molecular flexibility index (Phi) is 2.90. The number of hydrogen-bond acceptors (Lipinski definition) is 2. The van der Waals surface area contributed by atoms with Crippen LogP contribution in [0.5, 0.6) is 0 Å². The number of benzene rings is 2. The third-order valence-electron chi connectivity index (χ3n) is 3.12. The molecule has 1 fully saturated rings. The first kappa shape index (κ1) is 11.2. The van der Waals surface area contributed by atoms with E-state index >= 15 is 0 Å². The lowest BCUT2D eigenvalue weighted by Crippen LogP contribution is -2.28. The molecule has 1 heterocycles. The van der Waals surface area contributed by atoms with E-state index in [-0.39, 0.29) is 0 Å². The lowest BCUT2D eigenvalue weighted by Gasteiger charge is -2.25. The van der Waals surface area contributed by atoms with Crippen molar-refractivity contribution in [3.05, 3.63) is 48.0 Å². The second-order valence-electron chi connectivity index (χ2n) is 4.15.